The molecule has 1 aliphatic carbocycles. The number of H-pyrrole nitrogens is 1. The molecule has 3 aromatic rings. The van der Waals surface area contributed by atoms with Crippen molar-refractivity contribution >= 4 is 11.6 Å². The smallest absolute Gasteiger partial charge is 0.343 e. The van der Waals surface area contributed by atoms with Crippen molar-refractivity contribution in [2.24, 2.45) is 7.05 Å². The maximum atomic E-state index is 13.1. The lowest BCUT2D eigenvalue weighted by atomic mass is 9.67. The number of rotatable bonds is 10. The summed E-state index contributed by atoms with van der Waals surface area (Å²) in [6.07, 6.45) is 3.88. The van der Waals surface area contributed by atoms with E-state index < -0.39 is 5.41 Å². The molecule has 2 N–H and O–H groups in total. The first-order chi connectivity index (χ1) is 21.9. The lowest BCUT2D eigenvalue weighted by Crippen LogP contribution is -2.42. The molecule has 5 rings (SSSR count). The van der Waals surface area contributed by atoms with Crippen LogP contribution in [0.25, 0.3) is 5.70 Å². The van der Waals surface area contributed by atoms with Crippen LogP contribution in [0.1, 0.15) is 70.2 Å². The van der Waals surface area contributed by atoms with Gasteiger partial charge in [-0.3, -0.25) is 9.78 Å². The van der Waals surface area contributed by atoms with Gasteiger partial charge in [-0.1, -0.05) is 31.4 Å². The van der Waals surface area contributed by atoms with Gasteiger partial charge in [0.2, 0.25) is 0 Å². The highest BCUT2D eigenvalue weighted by atomic mass is 16.2. The SMILES string of the molecule is C=C(c1ccc2c(c1)CCc1cc(C(=O)N(C)C)ccc1C2(C[C@@H](C)NCC(=C)N1CCCC1C#N)c1nn(C)c(=O)[nH]1)N(C)C. The minimum Gasteiger partial charge on any atom is -0.378 e. The van der Waals surface area contributed by atoms with Crippen molar-refractivity contribution in [3.8, 4) is 6.07 Å². The van der Waals surface area contributed by atoms with E-state index >= 15 is 0 Å². The fourth-order valence-electron chi connectivity index (χ4n) is 7.05. The zero-order valence-electron chi connectivity index (χ0n) is 28.0. The second kappa shape index (κ2) is 13.0. The highest BCUT2D eigenvalue weighted by Crippen LogP contribution is 2.47. The van der Waals surface area contributed by atoms with Crippen molar-refractivity contribution in [1.29, 1.82) is 5.26 Å². The summed E-state index contributed by atoms with van der Waals surface area (Å²) >= 11 is 0. The Balaban J connectivity index is 1.66. The fraction of sp³-hybridized carbons (Fsp3) is 0.444. The monoisotopic (exact) mass is 622 g/mol. The molecule has 2 aliphatic rings. The number of hydrogen-bond acceptors (Lipinski definition) is 7. The molecule has 1 saturated heterocycles. The number of nitrogens with zero attached hydrogens (tertiary/aromatic N) is 6. The number of carbonyl (C=O) groups is 1. The molecule has 46 heavy (non-hydrogen) atoms. The minimum absolute atomic E-state index is 0.0521. The number of aryl methyl sites for hydroxylation is 3. The molecule has 1 amide bonds. The standard InChI is InChI=1S/C36H46N8O2/c1-23(38-22-24(2)44-17-9-10-30(44)21-37)20-36(34-39-35(46)43(8)40-34)31-15-13-26(25(3)41(4)5)18-27(31)11-12-28-19-29(14-16-32(28)36)33(45)42(6)7/h13-16,18-19,23,30,38H,2-3,9-12,17,20,22H2,1,4-8H3,(H,39,40,46)/t23-,30?,36?/m1/s1. The van der Waals surface area contributed by atoms with Crippen molar-refractivity contribution in [3.63, 3.8) is 0 Å². The summed E-state index contributed by atoms with van der Waals surface area (Å²) in [6, 6.07) is 14.6. The largest absolute Gasteiger partial charge is 0.378 e. The Hall–Kier alpha value is -4.62. The minimum atomic E-state index is -0.837. The molecule has 1 aliphatic heterocycles. The quantitative estimate of drug-likeness (QED) is 0.355. The number of nitriles is 1. The van der Waals surface area contributed by atoms with Crippen LogP contribution in [0.15, 0.2) is 60.0 Å². The van der Waals surface area contributed by atoms with Gasteiger partial charge in [0.05, 0.1) is 11.5 Å². The first-order valence-corrected chi connectivity index (χ1v) is 15.9. The van der Waals surface area contributed by atoms with Gasteiger partial charge >= 0.3 is 5.69 Å². The molecule has 0 spiro atoms. The molecular weight excluding hydrogens is 576 g/mol. The van der Waals surface area contributed by atoms with Crippen LogP contribution in [-0.2, 0) is 25.3 Å². The van der Waals surface area contributed by atoms with Crippen LogP contribution in [0, 0.1) is 11.3 Å². The Morgan fingerprint density at radius 3 is 2.30 bits per heavy atom. The van der Waals surface area contributed by atoms with Gasteiger partial charge in [0.15, 0.2) is 0 Å². The first kappa shape index (κ1) is 32.8. The number of amides is 1. The molecule has 3 atom stereocenters. The Kier molecular flexibility index (Phi) is 9.27. The Labute approximate surface area is 272 Å². The lowest BCUT2D eigenvalue weighted by Gasteiger charge is -2.37. The number of aromatic nitrogens is 3. The third-order valence-electron chi connectivity index (χ3n) is 9.57. The van der Waals surface area contributed by atoms with E-state index in [2.05, 4.69) is 59.6 Å². The van der Waals surface area contributed by atoms with Crippen molar-refractivity contribution in [3.05, 3.63) is 105 Å². The van der Waals surface area contributed by atoms with E-state index in [1.165, 1.54) is 4.68 Å². The number of hydrogen-bond donors (Lipinski definition) is 2. The Morgan fingerprint density at radius 2 is 1.74 bits per heavy atom. The normalized spacial score (nSPS) is 19.4. The number of likely N-dealkylation sites (tertiary alicyclic amines) is 1. The van der Waals surface area contributed by atoms with Crippen LogP contribution in [0.3, 0.4) is 0 Å². The summed E-state index contributed by atoms with van der Waals surface area (Å²) in [5.41, 5.74) is 6.62. The molecular formula is C36H46N8O2. The van der Waals surface area contributed by atoms with Gasteiger partial charge in [-0.2, -0.15) is 10.4 Å². The summed E-state index contributed by atoms with van der Waals surface area (Å²) in [5, 5.41) is 18.1. The molecule has 10 heteroatoms. The number of benzene rings is 2. The first-order valence-electron chi connectivity index (χ1n) is 15.9. The van der Waals surface area contributed by atoms with Gasteiger partial charge in [-0.25, -0.2) is 9.48 Å². The second-order valence-electron chi connectivity index (χ2n) is 13.1. The average Bonchev–Trinajstić information content (AvgIpc) is 3.63. The maximum absolute atomic E-state index is 13.1. The second-order valence-corrected chi connectivity index (χ2v) is 13.1. The van der Waals surface area contributed by atoms with Crippen molar-refractivity contribution < 1.29 is 4.79 Å². The molecule has 2 unspecified atom stereocenters. The third kappa shape index (κ3) is 5.99. The van der Waals surface area contributed by atoms with Crippen LogP contribution >= 0.6 is 0 Å². The summed E-state index contributed by atoms with van der Waals surface area (Å²) < 4.78 is 1.35. The van der Waals surface area contributed by atoms with Crippen LogP contribution in [0.4, 0.5) is 0 Å². The number of nitrogens with one attached hydrogen (secondary N) is 2. The number of carbonyl (C=O) groups excluding carboxylic acids is 1. The summed E-state index contributed by atoms with van der Waals surface area (Å²) in [5.74, 6) is 0.504. The van der Waals surface area contributed by atoms with Gasteiger partial charge < -0.3 is 20.0 Å². The Bertz CT molecular complexity index is 1690. The van der Waals surface area contributed by atoms with Gasteiger partial charge in [0.25, 0.3) is 5.91 Å². The van der Waals surface area contributed by atoms with Crippen molar-refractivity contribution in [2.45, 2.75) is 56.5 Å². The molecule has 10 nitrogen and oxygen atoms in total. The summed E-state index contributed by atoms with van der Waals surface area (Å²) in [4.78, 5) is 34.9. The van der Waals surface area contributed by atoms with Gasteiger partial charge in [-0.05, 0) is 85.0 Å². The van der Waals surface area contributed by atoms with E-state index in [4.69, 9.17) is 5.10 Å². The van der Waals surface area contributed by atoms with Crippen LogP contribution in [0.5, 0.6) is 0 Å². The van der Waals surface area contributed by atoms with E-state index in [0.717, 1.165) is 71.4 Å². The lowest BCUT2D eigenvalue weighted by molar-refractivity contribution is 0.0827. The molecule has 242 valence electrons. The molecule has 1 aromatic heterocycles. The summed E-state index contributed by atoms with van der Waals surface area (Å²) in [6.45, 7) is 12.1. The fourth-order valence-corrected chi connectivity index (χ4v) is 7.05. The number of fused-ring (bicyclic) bond motifs is 2. The molecule has 0 bridgehead atoms. The molecule has 0 saturated carbocycles. The Morgan fingerprint density at radius 1 is 1.11 bits per heavy atom. The molecule has 0 radical (unpaired) electrons. The predicted octanol–water partition coefficient (Wildman–Crippen LogP) is 3.65. The average molecular weight is 623 g/mol. The van der Waals surface area contributed by atoms with E-state index in [9.17, 15) is 14.9 Å². The molecule has 1 fully saturated rings. The van der Waals surface area contributed by atoms with Gasteiger partial charge in [0, 0.05) is 71.3 Å². The van der Waals surface area contributed by atoms with Crippen LogP contribution < -0.4 is 11.0 Å². The highest BCUT2D eigenvalue weighted by molar-refractivity contribution is 5.94. The predicted molar refractivity (Wildman–Crippen MR) is 181 cm³/mol. The van der Waals surface area contributed by atoms with E-state index in [-0.39, 0.29) is 23.7 Å². The topological polar surface area (TPSA) is 113 Å². The van der Waals surface area contributed by atoms with Gasteiger partial charge in [0.1, 0.15) is 11.9 Å². The maximum Gasteiger partial charge on any atom is 0.343 e. The van der Waals surface area contributed by atoms with E-state index in [1.54, 1.807) is 26.0 Å². The zero-order valence-corrected chi connectivity index (χ0v) is 28.0. The van der Waals surface area contributed by atoms with Crippen LogP contribution in [-0.4, -0.2) is 88.7 Å². The van der Waals surface area contributed by atoms with Crippen molar-refractivity contribution in [1.82, 2.24) is 34.8 Å². The molecule has 2 heterocycles. The van der Waals surface area contributed by atoms with Crippen LogP contribution in [0.2, 0.25) is 0 Å². The zero-order chi connectivity index (χ0) is 33.3. The molecule has 2 aromatic carbocycles. The van der Waals surface area contributed by atoms with Crippen molar-refractivity contribution in [2.75, 3.05) is 41.3 Å². The highest BCUT2D eigenvalue weighted by Gasteiger charge is 2.45. The summed E-state index contributed by atoms with van der Waals surface area (Å²) in [7, 11) is 9.14. The van der Waals surface area contributed by atoms with Gasteiger partial charge in [-0.15, -0.1) is 0 Å². The van der Waals surface area contributed by atoms with E-state index in [0.29, 0.717) is 24.4 Å². The van der Waals surface area contributed by atoms with E-state index in [1.807, 2.05) is 37.2 Å². The third-order valence-corrected chi connectivity index (χ3v) is 9.57. The number of aromatic amines is 1.